The first-order valence-electron chi connectivity index (χ1n) is 5.77. The average Bonchev–Trinajstić information content (AvgIpc) is 2.23. The summed E-state index contributed by atoms with van der Waals surface area (Å²) in [5.41, 5.74) is 0. The minimum Gasteiger partial charge on any atom is -0.410 e. The van der Waals surface area contributed by atoms with E-state index in [9.17, 15) is 0 Å². The molecule has 0 spiro atoms. The van der Waals surface area contributed by atoms with Gasteiger partial charge >= 0.3 is 7.12 Å². The highest BCUT2D eigenvalue weighted by Gasteiger charge is 2.34. The maximum atomic E-state index is 6.15. The van der Waals surface area contributed by atoms with Crippen LogP contribution in [0.25, 0.3) is 0 Å². The summed E-state index contributed by atoms with van der Waals surface area (Å²) in [6, 6.07) is 0. The van der Waals surface area contributed by atoms with Crippen molar-refractivity contribution in [2.24, 2.45) is 0 Å². The Balaban J connectivity index is 1.76. The molecule has 0 aromatic carbocycles. The second kappa shape index (κ2) is 5.38. The van der Waals surface area contributed by atoms with Crippen molar-refractivity contribution < 1.29 is 9.31 Å². The Morgan fingerprint density at radius 2 is 1.86 bits per heavy atom. The maximum absolute atomic E-state index is 6.15. The van der Waals surface area contributed by atoms with Gasteiger partial charge in [0.2, 0.25) is 0 Å². The van der Waals surface area contributed by atoms with Crippen molar-refractivity contribution in [2.45, 2.75) is 56.3 Å². The molecule has 1 aliphatic heterocycles. The average molecular weight is 217 g/mol. The SMILES string of the molecule is ClC1CCCOB1OC1CCCCC1. The van der Waals surface area contributed by atoms with Crippen LogP contribution in [0.15, 0.2) is 0 Å². The van der Waals surface area contributed by atoms with Crippen LogP contribution < -0.4 is 0 Å². The predicted molar refractivity (Wildman–Crippen MR) is 58.5 cm³/mol. The molecule has 2 rings (SSSR count). The van der Waals surface area contributed by atoms with Gasteiger partial charge in [-0.2, -0.15) is 0 Å². The Labute approximate surface area is 91.4 Å². The van der Waals surface area contributed by atoms with E-state index in [4.69, 9.17) is 20.9 Å². The summed E-state index contributed by atoms with van der Waals surface area (Å²) in [6.07, 6.45) is 8.81. The molecule has 1 heterocycles. The van der Waals surface area contributed by atoms with Gasteiger partial charge in [-0.3, -0.25) is 0 Å². The Kier molecular flexibility index (Phi) is 4.15. The van der Waals surface area contributed by atoms with Crippen LogP contribution >= 0.6 is 11.6 Å². The van der Waals surface area contributed by atoms with Crippen molar-refractivity contribution in [1.82, 2.24) is 0 Å². The highest BCUT2D eigenvalue weighted by atomic mass is 35.5. The van der Waals surface area contributed by atoms with E-state index in [1.165, 1.54) is 32.1 Å². The largest absolute Gasteiger partial charge is 0.476 e. The molecule has 2 nitrogen and oxygen atoms in total. The van der Waals surface area contributed by atoms with Crippen molar-refractivity contribution in [3.05, 3.63) is 0 Å². The Morgan fingerprint density at radius 3 is 2.57 bits per heavy atom. The third-order valence-corrected chi connectivity index (χ3v) is 3.50. The fourth-order valence-electron chi connectivity index (χ4n) is 2.23. The maximum Gasteiger partial charge on any atom is 0.476 e. The van der Waals surface area contributed by atoms with Gasteiger partial charge in [0.05, 0.1) is 5.28 Å². The lowest BCUT2D eigenvalue weighted by atomic mass is 9.78. The first kappa shape index (κ1) is 10.8. The lowest BCUT2D eigenvalue weighted by molar-refractivity contribution is 0.0951. The summed E-state index contributed by atoms with van der Waals surface area (Å²) in [7, 11) is -0.145. The van der Waals surface area contributed by atoms with Crippen LogP contribution in [-0.2, 0) is 9.31 Å². The zero-order chi connectivity index (χ0) is 9.80. The Bertz CT molecular complexity index is 174. The van der Waals surface area contributed by atoms with Crippen LogP contribution in [0.3, 0.4) is 0 Å². The van der Waals surface area contributed by atoms with Gasteiger partial charge < -0.3 is 9.31 Å². The van der Waals surface area contributed by atoms with E-state index in [2.05, 4.69) is 0 Å². The quantitative estimate of drug-likeness (QED) is 0.522. The number of alkyl halides is 1. The summed E-state index contributed by atoms with van der Waals surface area (Å²) in [5, 5.41) is 0.0608. The monoisotopic (exact) mass is 216 g/mol. The summed E-state index contributed by atoms with van der Waals surface area (Å²) in [4.78, 5) is 0. The van der Waals surface area contributed by atoms with Crippen LogP contribution in [0.1, 0.15) is 44.9 Å². The Morgan fingerprint density at radius 1 is 1.07 bits per heavy atom. The summed E-state index contributed by atoms with van der Waals surface area (Å²) < 4.78 is 11.4. The molecular formula is C10H18BClO2. The summed E-state index contributed by atoms with van der Waals surface area (Å²) in [6.45, 7) is 0.806. The summed E-state index contributed by atoms with van der Waals surface area (Å²) >= 11 is 6.15. The minimum absolute atomic E-state index is 0.0608. The van der Waals surface area contributed by atoms with Gasteiger partial charge in [0.15, 0.2) is 0 Å². The normalized spacial score (nSPS) is 30.6. The molecule has 1 atom stereocenters. The molecule has 0 aromatic heterocycles. The van der Waals surface area contributed by atoms with E-state index < -0.39 is 0 Å². The number of halogens is 1. The molecule has 0 aromatic rings. The first-order valence-corrected chi connectivity index (χ1v) is 6.21. The van der Waals surface area contributed by atoms with Gasteiger partial charge in [0.1, 0.15) is 0 Å². The second-order valence-corrected chi connectivity index (χ2v) is 4.85. The fourth-order valence-corrected chi connectivity index (χ4v) is 2.52. The van der Waals surface area contributed by atoms with Crippen molar-refractivity contribution in [3.63, 3.8) is 0 Å². The lowest BCUT2D eigenvalue weighted by Crippen LogP contribution is -2.41. The molecule has 0 radical (unpaired) electrons. The zero-order valence-corrected chi connectivity index (χ0v) is 9.34. The molecule has 1 aliphatic carbocycles. The molecule has 0 bridgehead atoms. The molecular weight excluding hydrogens is 198 g/mol. The van der Waals surface area contributed by atoms with Crippen molar-refractivity contribution in [1.29, 1.82) is 0 Å². The number of hydrogen-bond donors (Lipinski definition) is 0. The van der Waals surface area contributed by atoms with Gasteiger partial charge in [-0.15, -0.1) is 11.6 Å². The number of hydrogen-bond acceptors (Lipinski definition) is 2. The van der Waals surface area contributed by atoms with Gasteiger partial charge in [0, 0.05) is 12.7 Å². The van der Waals surface area contributed by atoms with Gasteiger partial charge in [0.25, 0.3) is 0 Å². The lowest BCUT2D eigenvalue weighted by Gasteiger charge is -2.30. The molecule has 0 amide bonds. The third-order valence-electron chi connectivity index (χ3n) is 3.08. The third kappa shape index (κ3) is 2.88. The van der Waals surface area contributed by atoms with E-state index in [0.717, 1.165) is 19.4 Å². The van der Waals surface area contributed by atoms with Crippen molar-refractivity contribution >= 4 is 18.7 Å². The van der Waals surface area contributed by atoms with E-state index in [1.807, 2.05) is 0 Å². The second-order valence-electron chi connectivity index (χ2n) is 4.29. The topological polar surface area (TPSA) is 18.5 Å². The minimum atomic E-state index is -0.145. The molecule has 2 aliphatic rings. The van der Waals surface area contributed by atoms with E-state index in [0.29, 0.717) is 6.10 Å². The molecule has 4 heteroatoms. The first-order chi connectivity index (χ1) is 6.86. The standard InChI is InChI=1S/C10H18BClO2/c12-10-7-4-8-13-11(10)14-9-5-2-1-3-6-9/h9-10H,1-8H2. The van der Waals surface area contributed by atoms with Crippen LogP contribution in [0.4, 0.5) is 0 Å². The smallest absolute Gasteiger partial charge is 0.410 e. The van der Waals surface area contributed by atoms with E-state index >= 15 is 0 Å². The molecule has 0 N–H and O–H groups in total. The predicted octanol–water partition coefficient (Wildman–Crippen LogP) is 2.78. The van der Waals surface area contributed by atoms with Crippen molar-refractivity contribution in [3.8, 4) is 0 Å². The Hall–Kier alpha value is 0.275. The summed E-state index contributed by atoms with van der Waals surface area (Å²) in [5.74, 6) is 0. The molecule has 80 valence electrons. The van der Waals surface area contributed by atoms with Crippen LogP contribution in [-0.4, -0.2) is 25.1 Å². The van der Waals surface area contributed by atoms with Crippen LogP contribution in [0.5, 0.6) is 0 Å². The molecule has 1 saturated carbocycles. The number of rotatable bonds is 2. The van der Waals surface area contributed by atoms with Gasteiger partial charge in [-0.1, -0.05) is 19.3 Å². The molecule has 14 heavy (non-hydrogen) atoms. The molecule has 1 saturated heterocycles. The van der Waals surface area contributed by atoms with E-state index in [-0.39, 0.29) is 12.4 Å². The van der Waals surface area contributed by atoms with Crippen molar-refractivity contribution in [2.75, 3.05) is 6.61 Å². The molecule has 2 fully saturated rings. The van der Waals surface area contributed by atoms with E-state index in [1.54, 1.807) is 0 Å². The highest BCUT2D eigenvalue weighted by Crippen LogP contribution is 2.25. The zero-order valence-electron chi connectivity index (χ0n) is 8.58. The fraction of sp³-hybridized carbons (Fsp3) is 1.00. The van der Waals surface area contributed by atoms with Gasteiger partial charge in [-0.25, -0.2) is 0 Å². The van der Waals surface area contributed by atoms with Crippen LogP contribution in [0.2, 0.25) is 0 Å². The highest BCUT2D eigenvalue weighted by molar-refractivity contribution is 6.59. The molecule has 1 unspecified atom stereocenters. The van der Waals surface area contributed by atoms with Crippen LogP contribution in [0, 0.1) is 0 Å². The van der Waals surface area contributed by atoms with Gasteiger partial charge in [-0.05, 0) is 25.7 Å².